The molecule has 3 aromatic rings. The van der Waals surface area contributed by atoms with E-state index in [1.54, 1.807) is 7.11 Å². The Kier molecular flexibility index (Phi) is 4.81. The molecule has 5 nitrogen and oxygen atoms in total. The third-order valence-corrected chi connectivity index (χ3v) is 5.15. The number of aryl methyl sites for hydroxylation is 2. The van der Waals surface area contributed by atoms with E-state index in [0.717, 1.165) is 20.8 Å². The summed E-state index contributed by atoms with van der Waals surface area (Å²) in [5.74, 6) is 2.27. The molecule has 0 aliphatic carbocycles. The van der Waals surface area contributed by atoms with E-state index in [-0.39, 0.29) is 5.56 Å². The maximum absolute atomic E-state index is 12.5. The third kappa shape index (κ3) is 3.39. The van der Waals surface area contributed by atoms with Gasteiger partial charge in [-0.3, -0.25) is 4.79 Å². The number of aromatic amines is 1. The van der Waals surface area contributed by atoms with Crippen molar-refractivity contribution < 1.29 is 9.47 Å². The summed E-state index contributed by atoms with van der Waals surface area (Å²) in [5, 5.41) is 0.676. The number of ether oxygens (including phenoxy) is 2. The average Bonchev–Trinajstić information content (AvgIpc) is 2.87. The molecule has 2 aromatic heterocycles. The molecule has 0 aliphatic rings. The lowest BCUT2D eigenvalue weighted by molar-refractivity contribution is 0.257. The summed E-state index contributed by atoms with van der Waals surface area (Å²) >= 11 is 1.54. The highest BCUT2D eigenvalue weighted by Crippen LogP contribution is 2.33. The highest BCUT2D eigenvalue weighted by atomic mass is 32.1. The molecule has 132 valence electrons. The number of fused-ring (bicyclic) bond motifs is 1. The van der Waals surface area contributed by atoms with E-state index >= 15 is 0 Å². The highest BCUT2D eigenvalue weighted by molar-refractivity contribution is 7.18. The van der Waals surface area contributed by atoms with Crippen LogP contribution in [0.1, 0.15) is 24.3 Å². The van der Waals surface area contributed by atoms with Gasteiger partial charge >= 0.3 is 0 Å². The minimum atomic E-state index is -0.110. The number of nitrogens with one attached hydrogen (secondary N) is 1. The van der Waals surface area contributed by atoms with E-state index in [0.29, 0.717) is 35.2 Å². The Labute approximate surface area is 150 Å². The minimum Gasteiger partial charge on any atom is -0.493 e. The number of nitrogens with zero attached hydrogens (tertiary/aromatic N) is 1. The topological polar surface area (TPSA) is 64.2 Å². The number of thiophene rings is 1. The predicted molar refractivity (Wildman–Crippen MR) is 102 cm³/mol. The van der Waals surface area contributed by atoms with Gasteiger partial charge in [-0.15, -0.1) is 11.3 Å². The summed E-state index contributed by atoms with van der Waals surface area (Å²) in [5.41, 5.74) is 1.67. The number of hydrogen-bond acceptors (Lipinski definition) is 5. The first-order chi connectivity index (χ1) is 11.9. The van der Waals surface area contributed by atoms with Gasteiger partial charge in [0.1, 0.15) is 10.7 Å². The Morgan fingerprint density at radius 2 is 2.00 bits per heavy atom. The molecule has 0 saturated carbocycles. The van der Waals surface area contributed by atoms with E-state index < -0.39 is 0 Å². The van der Waals surface area contributed by atoms with Gasteiger partial charge in [-0.25, -0.2) is 4.98 Å². The molecule has 1 N–H and O–H groups in total. The normalized spacial score (nSPS) is 11.3. The molecule has 0 spiro atoms. The van der Waals surface area contributed by atoms with Crippen LogP contribution in [-0.4, -0.2) is 23.7 Å². The summed E-state index contributed by atoms with van der Waals surface area (Å²) in [7, 11) is 1.60. The van der Waals surface area contributed by atoms with Crippen molar-refractivity contribution in [3.05, 3.63) is 39.0 Å². The van der Waals surface area contributed by atoms with Crippen LogP contribution in [0, 0.1) is 19.8 Å². The summed E-state index contributed by atoms with van der Waals surface area (Å²) in [6.07, 6.45) is 0. The van der Waals surface area contributed by atoms with E-state index in [4.69, 9.17) is 9.47 Å². The molecular weight excluding hydrogens is 336 g/mol. The van der Waals surface area contributed by atoms with Gasteiger partial charge in [0.2, 0.25) is 0 Å². The third-order valence-electron chi connectivity index (χ3n) is 4.05. The summed E-state index contributed by atoms with van der Waals surface area (Å²) in [6, 6.07) is 5.58. The molecule has 0 radical (unpaired) electrons. The van der Waals surface area contributed by atoms with Crippen LogP contribution >= 0.6 is 11.3 Å². The quantitative estimate of drug-likeness (QED) is 0.738. The first-order valence-electron chi connectivity index (χ1n) is 8.22. The Balaban J connectivity index is 2.04. The zero-order valence-corrected chi connectivity index (χ0v) is 15.9. The Morgan fingerprint density at radius 3 is 2.68 bits per heavy atom. The second kappa shape index (κ2) is 6.88. The number of methoxy groups -OCH3 is 1. The molecule has 6 heteroatoms. The van der Waals surface area contributed by atoms with Crippen molar-refractivity contribution in [1.29, 1.82) is 0 Å². The predicted octanol–water partition coefficient (Wildman–Crippen LogP) is 4.31. The van der Waals surface area contributed by atoms with Crippen LogP contribution in [-0.2, 0) is 0 Å². The van der Waals surface area contributed by atoms with Crippen molar-refractivity contribution in [3.63, 3.8) is 0 Å². The Bertz CT molecular complexity index is 973. The molecule has 0 unspecified atom stereocenters. The first kappa shape index (κ1) is 17.5. The lowest BCUT2D eigenvalue weighted by atomic mass is 10.1. The molecule has 25 heavy (non-hydrogen) atoms. The number of benzene rings is 1. The van der Waals surface area contributed by atoms with Gasteiger partial charge in [-0.1, -0.05) is 13.8 Å². The number of rotatable bonds is 5. The van der Waals surface area contributed by atoms with Gasteiger partial charge in [0.15, 0.2) is 11.5 Å². The average molecular weight is 358 g/mol. The fourth-order valence-electron chi connectivity index (χ4n) is 2.58. The Morgan fingerprint density at radius 1 is 1.24 bits per heavy atom. The van der Waals surface area contributed by atoms with Crippen molar-refractivity contribution in [2.24, 2.45) is 5.92 Å². The van der Waals surface area contributed by atoms with Crippen molar-refractivity contribution >= 4 is 21.6 Å². The second-order valence-corrected chi connectivity index (χ2v) is 7.65. The zero-order valence-electron chi connectivity index (χ0n) is 15.1. The van der Waals surface area contributed by atoms with Gasteiger partial charge in [0.25, 0.3) is 5.56 Å². The monoisotopic (exact) mass is 358 g/mol. The minimum absolute atomic E-state index is 0.110. The maximum Gasteiger partial charge on any atom is 0.260 e. The summed E-state index contributed by atoms with van der Waals surface area (Å²) in [6.45, 7) is 8.76. The molecule has 2 heterocycles. The standard InChI is InChI=1S/C19H22N2O3S/c1-10(2)9-24-14-7-6-13(8-15(14)23-5)17-20-18(22)16-11(3)12(4)25-19(16)21-17/h6-8,10H,9H2,1-5H3,(H,20,21,22). The molecule has 3 rings (SSSR count). The molecular formula is C19H22N2O3S. The molecule has 0 aliphatic heterocycles. The van der Waals surface area contributed by atoms with Crippen LogP contribution in [0.3, 0.4) is 0 Å². The van der Waals surface area contributed by atoms with E-state index in [2.05, 4.69) is 23.8 Å². The van der Waals surface area contributed by atoms with Crippen molar-refractivity contribution in [2.45, 2.75) is 27.7 Å². The fourth-order valence-corrected chi connectivity index (χ4v) is 3.61. The smallest absolute Gasteiger partial charge is 0.260 e. The number of hydrogen-bond donors (Lipinski definition) is 1. The van der Waals surface area contributed by atoms with E-state index in [9.17, 15) is 4.79 Å². The van der Waals surface area contributed by atoms with Gasteiger partial charge in [0.05, 0.1) is 19.1 Å². The van der Waals surface area contributed by atoms with Crippen molar-refractivity contribution in [3.8, 4) is 22.9 Å². The second-order valence-electron chi connectivity index (χ2n) is 6.45. The van der Waals surface area contributed by atoms with Crippen LogP contribution in [0.2, 0.25) is 0 Å². The van der Waals surface area contributed by atoms with Crippen molar-refractivity contribution in [2.75, 3.05) is 13.7 Å². The first-order valence-corrected chi connectivity index (χ1v) is 9.03. The molecule has 0 amide bonds. The molecule has 0 atom stereocenters. The zero-order chi connectivity index (χ0) is 18.1. The SMILES string of the molecule is COc1cc(-c2nc3sc(C)c(C)c3c(=O)[nH]2)ccc1OCC(C)C. The molecule has 0 fully saturated rings. The number of aromatic nitrogens is 2. The maximum atomic E-state index is 12.5. The summed E-state index contributed by atoms with van der Waals surface area (Å²) in [4.78, 5) is 21.8. The lowest BCUT2D eigenvalue weighted by Gasteiger charge is -2.13. The number of H-pyrrole nitrogens is 1. The van der Waals surface area contributed by atoms with E-state index in [1.165, 1.54) is 11.3 Å². The molecule has 0 bridgehead atoms. The van der Waals surface area contributed by atoms with Gasteiger partial charge in [-0.05, 0) is 43.5 Å². The summed E-state index contributed by atoms with van der Waals surface area (Å²) < 4.78 is 11.2. The van der Waals surface area contributed by atoms with Crippen LogP contribution < -0.4 is 15.0 Å². The van der Waals surface area contributed by atoms with Crippen molar-refractivity contribution in [1.82, 2.24) is 9.97 Å². The van der Waals surface area contributed by atoms with Crippen LogP contribution in [0.5, 0.6) is 11.5 Å². The Hall–Kier alpha value is -2.34. The largest absolute Gasteiger partial charge is 0.493 e. The highest BCUT2D eigenvalue weighted by Gasteiger charge is 2.14. The van der Waals surface area contributed by atoms with Gasteiger partial charge in [0, 0.05) is 10.4 Å². The van der Waals surface area contributed by atoms with Crippen LogP contribution in [0.25, 0.3) is 21.6 Å². The van der Waals surface area contributed by atoms with Gasteiger partial charge < -0.3 is 14.5 Å². The lowest BCUT2D eigenvalue weighted by Crippen LogP contribution is -2.09. The van der Waals surface area contributed by atoms with Crippen LogP contribution in [0.15, 0.2) is 23.0 Å². The fraction of sp³-hybridized carbons (Fsp3) is 0.368. The molecule has 0 saturated heterocycles. The van der Waals surface area contributed by atoms with Gasteiger partial charge in [-0.2, -0.15) is 0 Å². The van der Waals surface area contributed by atoms with E-state index in [1.807, 2.05) is 32.0 Å². The van der Waals surface area contributed by atoms with Crippen LogP contribution in [0.4, 0.5) is 0 Å². The molecule has 1 aromatic carbocycles.